The lowest BCUT2D eigenvalue weighted by atomic mass is 9.94. The van der Waals surface area contributed by atoms with Crippen molar-refractivity contribution in [3.8, 4) is 0 Å². The number of benzene rings is 1. The molecule has 0 radical (unpaired) electrons. The number of piperidine rings is 1. The first-order valence-corrected chi connectivity index (χ1v) is 5.92. The van der Waals surface area contributed by atoms with Crippen molar-refractivity contribution < 1.29 is 5.11 Å². The Morgan fingerprint density at radius 2 is 2.31 bits per heavy atom. The summed E-state index contributed by atoms with van der Waals surface area (Å²) in [6.45, 7) is 4.95. The van der Waals surface area contributed by atoms with Crippen LogP contribution in [0.3, 0.4) is 0 Å². The SMILES string of the molecule is C=Cc1cccc(C2CCCCN2CO)c1. The minimum Gasteiger partial charge on any atom is -0.381 e. The van der Waals surface area contributed by atoms with Crippen molar-refractivity contribution in [1.29, 1.82) is 0 Å². The highest BCUT2D eigenvalue weighted by Crippen LogP contribution is 2.30. The smallest absolute Gasteiger partial charge is 0.0961 e. The van der Waals surface area contributed by atoms with Gasteiger partial charge in [0.15, 0.2) is 0 Å². The van der Waals surface area contributed by atoms with E-state index in [0.717, 1.165) is 18.5 Å². The number of aliphatic hydroxyl groups is 1. The summed E-state index contributed by atoms with van der Waals surface area (Å²) in [6.07, 6.45) is 5.45. The molecule has 2 nitrogen and oxygen atoms in total. The van der Waals surface area contributed by atoms with E-state index in [9.17, 15) is 5.11 Å². The molecule has 1 fully saturated rings. The minimum absolute atomic E-state index is 0.156. The zero-order valence-corrected chi connectivity index (χ0v) is 9.60. The van der Waals surface area contributed by atoms with Gasteiger partial charge in [0, 0.05) is 12.6 Å². The van der Waals surface area contributed by atoms with Gasteiger partial charge in [-0.15, -0.1) is 0 Å². The summed E-state index contributed by atoms with van der Waals surface area (Å²) in [4.78, 5) is 2.14. The van der Waals surface area contributed by atoms with Gasteiger partial charge in [-0.3, -0.25) is 4.90 Å². The highest BCUT2D eigenvalue weighted by atomic mass is 16.3. The van der Waals surface area contributed by atoms with Crippen molar-refractivity contribution in [2.24, 2.45) is 0 Å². The standard InChI is InChI=1S/C14H19NO/c1-2-12-6-5-7-13(10-12)14-8-3-4-9-15(14)11-16/h2,5-7,10,14,16H,1,3-4,8-9,11H2. The van der Waals surface area contributed by atoms with Gasteiger partial charge in [0.05, 0.1) is 6.73 Å². The largest absolute Gasteiger partial charge is 0.381 e. The van der Waals surface area contributed by atoms with Gasteiger partial charge in [-0.05, 0) is 24.0 Å². The van der Waals surface area contributed by atoms with Crippen LogP contribution in [0.4, 0.5) is 0 Å². The zero-order valence-electron chi connectivity index (χ0n) is 9.60. The molecule has 0 saturated carbocycles. The molecule has 1 atom stereocenters. The first-order valence-electron chi connectivity index (χ1n) is 5.92. The van der Waals surface area contributed by atoms with Crippen molar-refractivity contribution in [1.82, 2.24) is 4.90 Å². The van der Waals surface area contributed by atoms with Crippen molar-refractivity contribution in [3.05, 3.63) is 42.0 Å². The second kappa shape index (κ2) is 5.28. The van der Waals surface area contributed by atoms with Crippen LogP contribution in [0, 0.1) is 0 Å². The predicted molar refractivity (Wildman–Crippen MR) is 66.9 cm³/mol. The number of aliphatic hydroxyl groups excluding tert-OH is 1. The average molecular weight is 217 g/mol. The Kier molecular flexibility index (Phi) is 3.75. The second-order valence-electron chi connectivity index (χ2n) is 4.34. The van der Waals surface area contributed by atoms with Gasteiger partial charge in [-0.2, -0.15) is 0 Å². The molecule has 0 amide bonds. The maximum absolute atomic E-state index is 9.36. The fourth-order valence-electron chi connectivity index (χ4n) is 2.43. The normalized spacial score (nSPS) is 21.9. The molecule has 1 aromatic carbocycles. The Labute approximate surface area is 97.2 Å². The number of nitrogens with zero attached hydrogens (tertiary/aromatic N) is 1. The Bertz CT molecular complexity index is 362. The Morgan fingerprint density at radius 1 is 1.44 bits per heavy atom. The summed E-state index contributed by atoms with van der Waals surface area (Å²) in [5.74, 6) is 0. The molecule has 0 aliphatic carbocycles. The Hall–Kier alpha value is -1.12. The number of hydrogen-bond donors (Lipinski definition) is 1. The van der Waals surface area contributed by atoms with Crippen LogP contribution in [0.25, 0.3) is 6.08 Å². The van der Waals surface area contributed by atoms with Crippen LogP contribution in [0.15, 0.2) is 30.8 Å². The molecule has 2 heteroatoms. The summed E-state index contributed by atoms with van der Waals surface area (Å²) >= 11 is 0. The topological polar surface area (TPSA) is 23.5 Å². The van der Waals surface area contributed by atoms with Crippen LogP contribution >= 0.6 is 0 Å². The lowest BCUT2D eigenvalue weighted by Gasteiger charge is -2.34. The molecule has 0 spiro atoms. The maximum Gasteiger partial charge on any atom is 0.0961 e. The highest BCUT2D eigenvalue weighted by Gasteiger charge is 2.22. The van der Waals surface area contributed by atoms with Crippen LogP contribution in [-0.2, 0) is 0 Å². The molecular weight excluding hydrogens is 198 g/mol. The van der Waals surface area contributed by atoms with E-state index in [0.29, 0.717) is 6.04 Å². The lowest BCUT2D eigenvalue weighted by Crippen LogP contribution is -2.34. The molecule has 1 aliphatic heterocycles. The van der Waals surface area contributed by atoms with Gasteiger partial charge in [-0.1, -0.05) is 43.3 Å². The number of likely N-dealkylation sites (tertiary alicyclic amines) is 1. The van der Waals surface area contributed by atoms with Crippen LogP contribution < -0.4 is 0 Å². The van der Waals surface area contributed by atoms with Crippen molar-refractivity contribution >= 4 is 6.08 Å². The van der Waals surface area contributed by atoms with E-state index in [1.807, 2.05) is 6.08 Å². The molecule has 1 aliphatic rings. The van der Waals surface area contributed by atoms with E-state index < -0.39 is 0 Å². The summed E-state index contributed by atoms with van der Waals surface area (Å²) in [6, 6.07) is 8.81. The fourth-order valence-corrected chi connectivity index (χ4v) is 2.43. The summed E-state index contributed by atoms with van der Waals surface area (Å²) in [7, 11) is 0. The molecule has 1 aromatic rings. The summed E-state index contributed by atoms with van der Waals surface area (Å²) in [5, 5.41) is 9.36. The first-order chi connectivity index (χ1) is 7.85. The molecule has 1 N–H and O–H groups in total. The van der Waals surface area contributed by atoms with Gasteiger partial charge < -0.3 is 5.11 Å². The molecule has 0 bridgehead atoms. The van der Waals surface area contributed by atoms with Crippen LogP contribution in [-0.4, -0.2) is 23.3 Å². The third-order valence-electron chi connectivity index (χ3n) is 3.33. The van der Waals surface area contributed by atoms with E-state index in [-0.39, 0.29) is 6.73 Å². The monoisotopic (exact) mass is 217 g/mol. The Morgan fingerprint density at radius 3 is 3.06 bits per heavy atom. The molecule has 1 saturated heterocycles. The third kappa shape index (κ3) is 2.34. The van der Waals surface area contributed by atoms with E-state index >= 15 is 0 Å². The van der Waals surface area contributed by atoms with Gasteiger partial charge in [0.25, 0.3) is 0 Å². The molecule has 0 aromatic heterocycles. The third-order valence-corrected chi connectivity index (χ3v) is 3.33. The van der Waals surface area contributed by atoms with E-state index in [4.69, 9.17) is 0 Å². The maximum atomic E-state index is 9.36. The van der Waals surface area contributed by atoms with Gasteiger partial charge in [0.2, 0.25) is 0 Å². The van der Waals surface area contributed by atoms with Gasteiger partial charge >= 0.3 is 0 Å². The van der Waals surface area contributed by atoms with E-state index in [1.165, 1.54) is 18.4 Å². The Balaban J connectivity index is 2.23. The molecule has 1 unspecified atom stereocenters. The number of hydrogen-bond acceptors (Lipinski definition) is 2. The average Bonchev–Trinajstić information content (AvgIpc) is 2.38. The van der Waals surface area contributed by atoms with Crippen LogP contribution in [0.2, 0.25) is 0 Å². The van der Waals surface area contributed by atoms with Crippen molar-refractivity contribution in [2.45, 2.75) is 25.3 Å². The molecule has 2 rings (SSSR count). The predicted octanol–water partition coefficient (Wildman–Crippen LogP) is 2.81. The van der Waals surface area contributed by atoms with Crippen LogP contribution in [0.1, 0.15) is 36.4 Å². The molecule has 16 heavy (non-hydrogen) atoms. The molecule has 1 heterocycles. The van der Waals surface area contributed by atoms with Gasteiger partial charge in [-0.25, -0.2) is 0 Å². The minimum atomic E-state index is 0.156. The fraction of sp³-hybridized carbons (Fsp3) is 0.429. The van der Waals surface area contributed by atoms with Crippen LogP contribution in [0.5, 0.6) is 0 Å². The molecular formula is C14H19NO. The van der Waals surface area contributed by atoms with Crippen molar-refractivity contribution in [2.75, 3.05) is 13.3 Å². The summed E-state index contributed by atoms with van der Waals surface area (Å²) in [5.41, 5.74) is 2.45. The van der Waals surface area contributed by atoms with Crippen molar-refractivity contribution in [3.63, 3.8) is 0 Å². The highest BCUT2D eigenvalue weighted by molar-refractivity contribution is 5.48. The molecule has 86 valence electrons. The summed E-state index contributed by atoms with van der Waals surface area (Å²) < 4.78 is 0. The van der Waals surface area contributed by atoms with E-state index in [2.05, 4.69) is 35.7 Å². The van der Waals surface area contributed by atoms with Gasteiger partial charge in [0.1, 0.15) is 0 Å². The zero-order chi connectivity index (χ0) is 11.4. The number of rotatable bonds is 3. The quantitative estimate of drug-likeness (QED) is 0.841. The first kappa shape index (κ1) is 11.4. The second-order valence-corrected chi connectivity index (χ2v) is 4.34. The van der Waals surface area contributed by atoms with E-state index in [1.54, 1.807) is 0 Å². The lowest BCUT2D eigenvalue weighted by molar-refractivity contribution is 0.0436.